The molecule has 82 valence electrons. The highest BCUT2D eigenvalue weighted by Gasteiger charge is 2.48. The summed E-state index contributed by atoms with van der Waals surface area (Å²) >= 11 is 0. The van der Waals surface area contributed by atoms with Crippen molar-refractivity contribution in [2.75, 3.05) is 6.54 Å². The van der Waals surface area contributed by atoms with E-state index in [-0.39, 0.29) is 0 Å². The van der Waals surface area contributed by atoms with Crippen LogP contribution in [-0.2, 0) is 6.54 Å². The molecule has 2 aliphatic rings. The van der Waals surface area contributed by atoms with Gasteiger partial charge in [0.1, 0.15) is 0 Å². The predicted octanol–water partition coefficient (Wildman–Crippen LogP) is 2.71. The van der Waals surface area contributed by atoms with Gasteiger partial charge in [0.05, 0.1) is 0 Å². The van der Waals surface area contributed by atoms with E-state index in [1.807, 2.05) is 0 Å². The number of nitrogens with zero attached hydrogens (tertiary/aromatic N) is 1. The molecule has 0 bridgehead atoms. The molecule has 1 spiro atoms. The Hall–Kier alpha value is -0.760. The van der Waals surface area contributed by atoms with Crippen LogP contribution in [0, 0.1) is 5.41 Å². The van der Waals surface area contributed by atoms with Crippen molar-refractivity contribution >= 4 is 0 Å². The molecule has 1 saturated carbocycles. The van der Waals surface area contributed by atoms with E-state index < -0.39 is 0 Å². The molecule has 1 aromatic rings. The summed E-state index contributed by atoms with van der Waals surface area (Å²) in [4.78, 5) is 0. The van der Waals surface area contributed by atoms with Crippen LogP contribution in [0.1, 0.15) is 44.2 Å². The lowest BCUT2D eigenvalue weighted by Crippen LogP contribution is -2.54. The largest absolute Gasteiger partial charge is 0.354 e. The molecular weight excluding hydrogens is 184 g/mol. The van der Waals surface area contributed by atoms with E-state index in [1.54, 1.807) is 0 Å². The van der Waals surface area contributed by atoms with E-state index in [4.69, 9.17) is 0 Å². The molecule has 2 heteroatoms. The van der Waals surface area contributed by atoms with Crippen LogP contribution in [-0.4, -0.2) is 11.1 Å². The lowest BCUT2D eigenvalue weighted by Gasteiger charge is -2.48. The number of aromatic nitrogens is 1. The molecule has 2 nitrogen and oxygen atoms in total. The zero-order chi connectivity index (χ0) is 10.3. The van der Waals surface area contributed by atoms with Crippen LogP contribution in [0.4, 0.5) is 0 Å². The Bertz CT molecular complexity index is 347. The van der Waals surface area contributed by atoms with Crippen molar-refractivity contribution < 1.29 is 0 Å². The monoisotopic (exact) mass is 204 g/mol. The second-order valence-electron chi connectivity index (χ2n) is 5.16. The van der Waals surface area contributed by atoms with Gasteiger partial charge in [-0.2, -0.15) is 0 Å². The van der Waals surface area contributed by atoms with E-state index >= 15 is 0 Å². The van der Waals surface area contributed by atoms with Crippen LogP contribution in [0.3, 0.4) is 0 Å². The highest BCUT2D eigenvalue weighted by atomic mass is 15.1. The molecule has 2 fully saturated rings. The third-order valence-corrected chi connectivity index (χ3v) is 4.34. The highest BCUT2D eigenvalue weighted by molar-refractivity contribution is 5.23. The molecule has 2 heterocycles. The Morgan fingerprint density at radius 2 is 2.27 bits per heavy atom. The molecule has 1 atom stereocenters. The fourth-order valence-electron chi connectivity index (χ4n) is 3.34. The van der Waals surface area contributed by atoms with Gasteiger partial charge in [0.25, 0.3) is 0 Å². The summed E-state index contributed by atoms with van der Waals surface area (Å²) in [5.74, 6) is 0. The van der Waals surface area contributed by atoms with Crippen molar-refractivity contribution in [2.45, 2.75) is 45.2 Å². The van der Waals surface area contributed by atoms with E-state index in [2.05, 4.69) is 35.3 Å². The molecular formula is C13H20N2. The molecule has 0 unspecified atom stereocenters. The van der Waals surface area contributed by atoms with Crippen LogP contribution in [0.5, 0.6) is 0 Å². The molecule has 1 aliphatic carbocycles. The maximum absolute atomic E-state index is 3.62. The fraction of sp³-hybridized carbons (Fsp3) is 0.692. The summed E-state index contributed by atoms with van der Waals surface area (Å²) in [5, 5.41) is 3.62. The van der Waals surface area contributed by atoms with Gasteiger partial charge in [-0.05, 0) is 31.4 Å². The summed E-state index contributed by atoms with van der Waals surface area (Å²) in [6.45, 7) is 4.53. The third kappa shape index (κ3) is 1.35. The quantitative estimate of drug-likeness (QED) is 0.783. The molecule has 3 rings (SSSR count). The first-order valence-corrected chi connectivity index (χ1v) is 6.23. The first-order chi connectivity index (χ1) is 7.34. The Kier molecular flexibility index (Phi) is 2.13. The van der Waals surface area contributed by atoms with E-state index in [0.29, 0.717) is 11.5 Å². The molecule has 0 radical (unpaired) electrons. The number of hydrogen-bond acceptors (Lipinski definition) is 1. The van der Waals surface area contributed by atoms with E-state index in [1.165, 1.54) is 37.8 Å². The van der Waals surface area contributed by atoms with Crippen molar-refractivity contribution in [1.82, 2.24) is 9.88 Å². The van der Waals surface area contributed by atoms with Gasteiger partial charge in [0.15, 0.2) is 0 Å². The molecule has 1 aromatic heterocycles. The Labute approximate surface area is 91.7 Å². The predicted molar refractivity (Wildman–Crippen MR) is 61.8 cm³/mol. The Balaban J connectivity index is 1.82. The molecule has 15 heavy (non-hydrogen) atoms. The SMILES string of the molecule is CCn1ccc([C@H]2NCC23CCCC3)c1. The van der Waals surface area contributed by atoms with Crippen LogP contribution in [0.25, 0.3) is 0 Å². The average molecular weight is 204 g/mol. The van der Waals surface area contributed by atoms with Crippen molar-refractivity contribution in [3.8, 4) is 0 Å². The zero-order valence-electron chi connectivity index (χ0n) is 9.50. The number of rotatable bonds is 2. The van der Waals surface area contributed by atoms with Gasteiger partial charge >= 0.3 is 0 Å². The summed E-state index contributed by atoms with van der Waals surface area (Å²) in [6.07, 6.45) is 10.3. The minimum Gasteiger partial charge on any atom is -0.354 e. The third-order valence-electron chi connectivity index (χ3n) is 4.34. The lowest BCUT2D eigenvalue weighted by molar-refractivity contribution is 0.0894. The van der Waals surface area contributed by atoms with E-state index in [0.717, 1.165) is 6.54 Å². The van der Waals surface area contributed by atoms with Crippen LogP contribution in [0.2, 0.25) is 0 Å². The van der Waals surface area contributed by atoms with Crippen molar-refractivity contribution in [1.29, 1.82) is 0 Å². The average Bonchev–Trinajstić information content (AvgIpc) is 2.85. The molecule has 0 amide bonds. The Morgan fingerprint density at radius 3 is 2.80 bits per heavy atom. The zero-order valence-corrected chi connectivity index (χ0v) is 9.50. The Morgan fingerprint density at radius 1 is 1.47 bits per heavy atom. The lowest BCUT2D eigenvalue weighted by atomic mass is 9.70. The van der Waals surface area contributed by atoms with Crippen LogP contribution >= 0.6 is 0 Å². The van der Waals surface area contributed by atoms with Gasteiger partial charge in [-0.15, -0.1) is 0 Å². The van der Waals surface area contributed by atoms with Crippen molar-refractivity contribution in [3.05, 3.63) is 24.0 Å². The van der Waals surface area contributed by atoms with Crippen LogP contribution < -0.4 is 5.32 Å². The normalized spacial score (nSPS) is 28.2. The highest BCUT2D eigenvalue weighted by Crippen LogP contribution is 2.52. The standard InChI is InChI=1S/C13H20N2/c1-2-15-8-5-11(9-15)12-13(10-14-12)6-3-4-7-13/h5,8-9,12,14H,2-4,6-7,10H2,1H3/t12-/m1/s1. The number of nitrogens with one attached hydrogen (secondary N) is 1. The van der Waals surface area contributed by atoms with Gasteiger partial charge in [-0.25, -0.2) is 0 Å². The summed E-state index contributed by atoms with van der Waals surface area (Å²) < 4.78 is 2.28. The topological polar surface area (TPSA) is 17.0 Å². The second kappa shape index (κ2) is 3.38. The molecule has 1 N–H and O–H groups in total. The first-order valence-electron chi connectivity index (χ1n) is 6.23. The van der Waals surface area contributed by atoms with Gasteiger partial charge in [-0.3, -0.25) is 0 Å². The minimum atomic E-state index is 0.625. The van der Waals surface area contributed by atoms with Gasteiger partial charge in [0, 0.05) is 36.9 Å². The van der Waals surface area contributed by atoms with Gasteiger partial charge in [0.2, 0.25) is 0 Å². The molecule has 1 saturated heterocycles. The number of aryl methyl sites for hydroxylation is 1. The second-order valence-corrected chi connectivity index (χ2v) is 5.16. The summed E-state index contributed by atoms with van der Waals surface area (Å²) in [7, 11) is 0. The van der Waals surface area contributed by atoms with Crippen molar-refractivity contribution in [2.24, 2.45) is 5.41 Å². The van der Waals surface area contributed by atoms with Gasteiger partial charge < -0.3 is 9.88 Å². The van der Waals surface area contributed by atoms with E-state index in [9.17, 15) is 0 Å². The number of hydrogen-bond donors (Lipinski definition) is 1. The summed E-state index contributed by atoms with van der Waals surface area (Å²) in [6, 6.07) is 2.94. The van der Waals surface area contributed by atoms with Crippen LogP contribution in [0.15, 0.2) is 18.5 Å². The molecule has 0 aromatic carbocycles. The maximum Gasteiger partial charge on any atom is 0.0404 e. The van der Waals surface area contributed by atoms with Crippen molar-refractivity contribution in [3.63, 3.8) is 0 Å². The van der Waals surface area contributed by atoms with Gasteiger partial charge in [-0.1, -0.05) is 12.8 Å². The first kappa shape index (κ1) is 9.46. The maximum atomic E-state index is 3.62. The smallest absolute Gasteiger partial charge is 0.0404 e. The fourth-order valence-corrected chi connectivity index (χ4v) is 3.34. The molecule has 1 aliphatic heterocycles. The summed E-state index contributed by atoms with van der Waals surface area (Å²) in [5.41, 5.74) is 2.13. The minimum absolute atomic E-state index is 0.625.